The molecule has 0 aliphatic rings. The van der Waals surface area contributed by atoms with Gasteiger partial charge in [0.15, 0.2) is 0 Å². The van der Waals surface area contributed by atoms with Crippen LogP contribution in [0.1, 0.15) is 19.5 Å². The lowest BCUT2D eigenvalue weighted by molar-refractivity contribution is -0.146. The molecule has 0 amide bonds. The van der Waals surface area contributed by atoms with Gasteiger partial charge < -0.3 is 4.74 Å². The van der Waals surface area contributed by atoms with Crippen molar-refractivity contribution in [3.8, 4) is 0 Å². The molecule has 1 rings (SSSR count). The minimum absolute atomic E-state index is 0.283. The third-order valence-corrected chi connectivity index (χ3v) is 1.84. The number of nitrogens with zero attached hydrogens (tertiary/aromatic N) is 1. The van der Waals surface area contributed by atoms with E-state index in [1.165, 1.54) is 7.11 Å². The van der Waals surface area contributed by atoms with E-state index >= 15 is 0 Å². The zero-order valence-corrected chi connectivity index (χ0v) is 7.42. The molecule has 12 heavy (non-hydrogen) atoms. The normalized spacial score (nSPS) is 11.2. The second-order valence-electron chi connectivity index (χ2n) is 3.08. The van der Waals surface area contributed by atoms with Gasteiger partial charge in [-0.05, 0) is 19.9 Å². The molecule has 1 aromatic rings. The predicted molar refractivity (Wildman–Crippen MR) is 43.6 cm³/mol. The fourth-order valence-corrected chi connectivity index (χ4v) is 0.968. The number of aromatic amines is 1. The average Bonchev–Trinajstić information content (AvgIpc) is 2.55. The average molecular weight is 168 g/mol. The standard InChI is InChI=1S/C8H12N2O2/c1-8(2,7(11)12-3)6-4-5-9-10-6/h4-5H,1-3H3,(H,9,10). The second kappa shape index (κ2) is 2.97. The van der Waals surface area contributed by atoms with E-state index in [2.05, 4.69) is 14.9 Å². The molecule has 0 radical (unpaired) electrons. The van der Waals surface area contributed by atoms with Crippen LogP contribution in [0.5, 0.6) is 0 Å². The molecule has 66 valence electrons. The van der Waals surface area contributed by atoms with Crippen LogP contribution in [0.25, 0.3) is 0 Å². The molecule has 1 heterocycles. The van der Waals surface area contributed by atoms with Crippen molar-refractivity contribution in [3.05, 3.63) is 18.0 Å². The van der Waals surface area contributed by atoms with E-state index in [1.807, 2.05) is 0 Å². The van der Waals surface area contributed by atoms with Gasteiger partial charge in [0, 0.05) is 6.20 Å². The largest absolute Gasteiger partial charge is 0.468 e. The molecular weight excluding hydrogens is 156 g/mol. The number of nitrogens with one attached hydrogen (secondary N) is 1. The van der Waals surface area contributed by atoms with Gasteiger partial charge in [-0.25, -0.2) is 0 Å². The first kappa shape index (κ1) is 8.77. The van der Waals surface area contributed by atoms with E-state index in [0.717, 1.165) is 0 Å². The smallest absolute Gasteiger partial charge is 0.317 e. The molecule has 0 aromatic carbocycles. The molecule has 0 atom stereocenters. The van der Waals surface area contributed by atoms with Crippen molar-refractivity contribution in [2.45, 2.75) is 19.3 Å². The first-order chi connectivity index (χ1) is 5.59. The Kier molecular flexibility index (Phi) is 2.17. The third kappa shape index (κ3) is 1.32. The van der Waals surface area contributed by atoms with Crippen molar-refractivity contribution in [1.29, 1.82) is 0 Å². The van der Waals surface area contributed by atoms with Gasteiger partial charge in [0.05, 0.1) is 12.8 Å². The number of H-pyrrole nitrogens is 1. The van der Waals surface area contributed by atoms with E-state index in [-0.39, 0.29) is 5.97 Å². The van der Waals surface area contributed by atoms with Gasteiger partial charge in [-0.15, -0.1) is 0 Å². The zero-order chi connectivity index (χ0) is 9.19. The minimum atomic E-state index is -0.672. The Morgan fingerprint density at radius 3 is 2.75 bits per heavy atom. The highest BCUT2D eigenvalue weighted by Crippen LogP contribution is 2.21. The van der Waals surface area contributed by atoms with Crippen LogP contribution in [0.4, 0.5) is 0 Å². The SMILES string of the molecule is COC(=O)C(C)(C)c1cc[nH]n1. The van der Waals surface area contributed by atoms with Crippen molar-refractivity contribution < 1.29 is 9.53 Å². The molecule has 0 saturated heterocycles. The van der Waals surface area contributed by atoms with Crippen LogP contribution in [0.2, 0.25) is 0 Å². The van der Waals surface area contributed by atoms with Gasteiger partial charge in [-0.1, -0.05) is 0 Å². The van der Waals surface area contributed by atoms with Crippen LogP contribution in [0.3, 0.4) is 0 Å². The fourth-order valence-electron chi connectivity index (χ4n) is 0.968. The summed E-state index contributed by atoms with van der Waals surface area (Å²) in [6, 6.07) is 1.76. The molecule has 4 heteroatoms. The van der Waals surface area contributed by atoms with Crippen LogP contribution in [0, 0.1) is 0 Å². The highest BCUT2D eigenvalue weighted by atomic mass is 16.5. The van der Waals surface area contributed by atoms with E-state index in [0.29, 0.717) is 5.69 Å². The van der Waals surface area contributed by atoms with Crippen LogP contribution < -0.4 is 0 Å². The maximum atomic E-state index is 11.3. The van der Waals surface area contributed by atoms with E-state index in [1.54, 1.807) is 26.1 Å². The summed E-state index contributed by atoms with van der Waals surface area (Å²) in [7, 11) is 1.37. The maximum Gasteiger partial charge on any atom is 0.317 e. The highest BCUT2D eigenvalue weighted by Gasteiger charge is 2.32. The van der Waals surface area contributed by atoms with Crippen molar-refractivity contribution >= 4 is 5.97 Å². The third-order valence-electron chi connectivity index (χ3n) is 1.84. The van der Waals surface area contributed by atoms with Crippen LogP contribution in [0.15, 0.2) is 12.3 Å². The quantitative estimate of drug-likeness (QED) is 0.666. The molecule has 0 aliphatic carbocycles. The number of methoxy groups -OCH3 is 1. The van der Waals surface area contributed by atoms with Gasteiger partial charge >= 0.3 is 5.97 Å². The second-order valence-corrected chi connectivity index (χ2v) is 3.08. The number of carbonyl (C=O) groups is 1. The number of hydrogen-bond acceptors (Lipinski definition) is 3. The molecule has 0 unspecified atom stereocenters. The van der Waals surface area contributed by atoms with Crippen LogP contribution in [-0.4, -0.2) is 23.3 Å². The summed E-state index contributed by atoms with van der Waals surface area (Å²) in [5.74, 6) is -0.283. The lowest BCUT2D eigenvalue weighted by Gasteiger charge is -2.18. The molecule has 0 bridgehead atoms. The summed E-state index contributed by atoms with van der Waals surface area (Å²) in [4.78, 5) is 11.3. The van der Waals surface area contributed by atoms with Gasteiger partial charge in [0.1, 0.15) is 5.41 Å². The molecule has 4 nitrogen and oxygen atoms in total. The number of rotatable bonds is 2. The van der Waals surface area contributed by atoms with Crippen LogP contribution in [-0.2, 0) is 14.9 Å². The Labute approximate surface area is 70.9 Å². The summed E-state index contributed by atoms with van der Waals surface area (Å²) < 4.78 is 4.65. The Morgan fingerprint density at radius 2 is 2.33 bits per heavy atom. The van der Waals surface area contributed by atoms with Crippen molar-refractivity contribution in [1.82, 2.24) is 10.2 Å². The summed E-state index contributed by atoms with van der Waals surface area (Å²) in [5, 5.41) is 6.59. The highest BCUT2D eigenvalue weighted by molar-refractivity contribution is 5.81. The Hall–Kier alpha value is -1.32. The molecule has 0 fully saturated rings. The van der Waals surface area contributed by atoms with E-state index in [4.69, 9.17) is 0 Å². The molecule has 1 N–H and O–H groups in total. The van der Waals surface area contributed by atoms with Crippen molar-refractivity contribution in [2.75, 3.05) is 7.11 Å². The van der Waals surface area contributed by atoms with Gasteiger partial charge in [0.25, 0.3) is 0 Å². The fraction of sp³-hybridized carbons (Fsp3) is 0.500. The number of aromatic nitrogens is 2. The summed E-state index contributed by atoms with van der Waals surface area (Å²) in [5.41, 5.74) is 0.0173. The Balaban J connectivity index is 2.93. The Morgan fingerprint density at radius 1 is 1.67 bits per heavy atom. The van der Waals surface area contributed by atoms with E-state index in [9.17, 15) is 4.79 Å². The van der Waals surface area contributed by atoms with Gasteiger partial charge in [0.2, 0.25) is 0 Å². The predicted octanol–water partition coefficient (Wildman–Crippen LogP) is 0.860. The molecule has 0 saturated carbocycles. The van der Waals surface area contributed by atoms with Gasteiger partial charge in [-0.3, -0.25) is 9.89 Å². The Bertz CT molecular complexity index is 265. The summed E-state index contributed by atoms with van der Waals surface area (Å²) in [6.45, 7) is 3.55. The minimum Gasteiger partial charge on any atom is -0.468 e. The van der Waals surface area contributed by atoms with Gasteiger partial charge in [-0.2, -0.15) is 5.10 Å². The number of hydrogen-bond donors (Lipinski definition) is 1. The number of carbonyl (C=O) groups excluding carboxylic acids is 1. The molecular formula is C8H12N2O2. The van der Waals surface area contributed by atoms with E-state index < -0.39 is 5.41 Å². The molecule has 1 aromatic heterocycles. The maximum absolute atomic E-state index is 11.3. The topological polar surface area (TPSA) is 55.0 Å². The van der Waals surface area contributed by atoms with Crippen molar-refractivity contribution in [3.63, 3.8) is 0 Å². The lowest BCUT2D eigenvalue weighted by Crippen LogP contribution is -2.30. The first-order valence-electron chi connectivity index (χ1n) is 3.67. The van der Waals surface area contributed by atoms with Crippen molar-refractivity contribution in [2.24, 2.45) is 0 Å². The summed E-state index contributed by atoms with van der Waals surface area (Å²) in [6.07, 6.45) is 1.68. The lowest BCUT2D eigenvalue weighted by atomic mass is 9.90. The first-order valence-corrected chi connectivity index (χ1v) is 3.67. The monoisotopic (exact) mass is 168 g/mol. The summed E-state index contributed by atoms with van der Waals surface area (Å²) >= 11 is 0. The number of esters is 1. The zero-order valence-electron chi connectivity index (χ0n) is 7.42. The number of ether oxygens (including phenoxy) is 1. The molecule has 0 spiro atoms. The van der Waals surface area contributed by atoms with Crippen LogP contribution >= 0.6 is 0 Å². The molecule has 0 aliphatic heterocycles.